The first-order valence-corrected chi connectivity index (χ1v) is 11.0. The second-order valence-electron chi connectivity index (χ2n) is 8.07. The maximum absolute atomic E-state index is 13.6. The van der Waals surface area contributed by atoms with Gasteiger partial charge in [0, 0.05) is 37.1 Å². The summed E-state index contributed by atoms with van der Waals surface area (Å²) < 4.78 is 5.26. The molecule has 4 aromatic rings. The van der Waals surface area contributed by atoms with Gasteiger partial charge < -0.3 is 19.6 Å². The lowest BCUT2D eigenvalue weighted by Crippen LogP contribution is -2.48. The number of carbonyl (C=O) groups is 1. The van der Waals surface area contributed by atoms with Crippen LogP contribution in [-0.4, -0.2) is 54.2 Å². The number of nitrogens with zero attached hydrogens (tertiary/aromatic N) is 3. The Labute approximate surface area is 192 Å². The summed E-state index contributed by atoms with van der Waals surface area (Å²) in [7, 11) is 1.64. The molecule has 1 N–H and O–H groups in total. The average molecular weight is 440 g/mol. The summed E-state index contributed by atoms with van der Waals surface area (Å²) in [4.78, 5) is 22.4. The maximum atomic E-state index is 13.6. The molecule has 1 fully saturated rings. The van der Waals surface area contributed by atoms with E-state index in [-0.39, 0.29) is 11.7 Å². The number of piperazine rings is 1. The van der Waals surface area contributed by atoms with Crippen LogP contribution in [0.1, 0.15) is 10.4 Å². The minimum Gasteiger partial charge on any atom is -0.506 e. The van der Waals surface area contributed by atoms with Crippen molar-refractivity contribution < 1.29 is 14.6 Å². The topological polar surface area (TPSA) is 65.9 Å². The number of phenols is 1. The minimum atomic E-state index is 0.000273. The molecule has 0 bridgehead atoms. The van der Waals surface area contributed by atoms with Gasteiger partial charge in [0.15, 0.2) is 0 Å². The van der Waals surface area contributed by atoms with Gasteiger partial charge in [0.1, 0.15) is 11.5 Å². The number of hydrogen-bond donors (Lipinski definition) is 1. The average Bonchev–Trinajstić information content (AvgIpc) is 2.88. The number of hydrogen-bond acceptors (Lipinski definition) is 5. The van der Waals surface area contributed by atoms with E-state index < -0.39 is 0 Å². The molecule has 0 spiro atoms. The molecule has 5 rings (SSSR count). The van der Waals surface area contributed by atoms with E-state index in [0.29, 0.717) is 31.7 Å². The van der Waals surface area contributed by atoms with Crippen LogP contribution < -0.4 is 9.64 Å². The van der Waals surface area contributed by atoms with Gasteiger partial charge in [0.25, 0.3) is 5.91 Å². The quantitative estimate of drug-likeness (QED) is 0.504. The van der Waals surface area contributed by atoms with Crippen LogP contribution in [0.25, 0.3) is 22.2 Å². The predicted octanol–water partition coefficient (Wildman–Crippen LogP) is 4.58. The summed E-state index contributed by atoms with van der Waals surface area (Å²) >= 11 is 0. The molecule has 6 heteroatoms. The second kappa shape index (κ2) is 8.82. The Hall–Kier alpha value is -4.06. The fourth-order valence-corrected chi connectivity index (χ4v) is 4.31. The van der Waals surface area contributed by atoms with Crippen LogP contribution >= 0.6 is 0 Å². The van der Waals surface area contributed by atoms with Crippen LogP contribution in [0, 0.1) is 0 Å². The Kier molecular flexibility index (Phi) is 5.57. The molecule has 1 aliphatic rings. The van der Waals surface area contributed by atoms with Crippen LogP contribution in [0.3, 0.4) is 0 Å². The highest BCUT2D eigenvalue weighted by Crippen LogP contribution is 2.29. The molecule has 166 valence electrons. The number of ether oxygens (including phenoxy) is 1. The van der Waals surface area contributed by atoms with Gasteiger partial charge >= 0.3 is 0 Å². The fraction of sp³-hybridized carbons (Fsp3) is 0.185. The van der Waals surface area contributed by atoms with Crippen molar-refractivity contribution in [3.05, 3.63) is 84.4 Å². The molecule has 3 aromatic carbocycles. The van der Waals surface area contributed by atoms with Crippen LogP contribution in [-0.2, 0) is 0 Å². The van der Waals surface area contributed by atoms with Gasteiger partial charge in [-0.2, -0.15) is 0 Å². The summed E-state index contributed by atoms with van der Waals surface area (Å²) in [6, 6.07) is 24.7. The largest absolute Gasteiger partial charge is 0.506 e. The first-order valence-electron chi connectivity index (χ1n) is 11.0. The van der Waals surface area contributed by atoms with Gasteiger partial charge in [-0.1, -0.05) is 30.3 Å². The molecular weight excluding hydrogens is 414 g/mol. The number of amides is 1. The summed E-state index contributed by atoms with van der Waals surface area (Å²) in [5.74, 6) is 1.04. The van der Waals surface area contributed by atoms with Gasteiger partial charge in [0.2, 0.25) is 0 Å². The number of fused-ring (bicyclic) bond motifs is 1. The Balaban J connectivity index is 1.44. The third kappa shape index (κ3) is 4.07. The van der Waals surface area contributed by atoms with Crippen molar-refractivity contribution in [2.75, 3.05) is 38.2 Å². The number of anilines is 1. The fourth-order valence-electron chi connectivity index (χ4n) is 4.31. The number of phenolic OH excluding ortho intramolecular Hbond substituents is 1. The van der Waals surface area contributed by atoms with Gasteiger partial charge in [-0.15, -0.1) is 0 Å². The van der Waals surface area contributed by atoms with Gasteiger partial charge in [-0.25, -0.2) is 4.98 Å². The van der Waals surface area contributed by atoms with E-state index in [1.54, 1.807) is 13.2 Å². The Bertz CT molecular complexity index is 1300. The highest BCUT2D eigenvalue weighted by atomic mass is 16.5. The van der Waals surface area contributed by atoms with E-state index in [2.05, 4.69) is 4.90 Å². The molecule has 6 nitrogen and oxygen atoms in total. The number of aromatic hydroxyl groups is 1. The van der Waals surface area contributed by atoms with Crippen molar-refractivity contribution in [2.24, 2.45) is 0 Å². The standard InChI is InChI=1S/C27H25N3O3/c1-33-20-12-10-19(11-13-20)24-18-22(21-6-2-3-7-23(21)28-24)27(32)30-16-14-29(15-17-30)25-8-4-5-9-26(25)31/h2-13,18,31H,14-17H2,1H3. The lowest BCUT2D eigenvalue weighted by Gasteiger charge is -2.36. The second-order valence-corrected chi connectivity index (χ2v) is 8.07. The summed E-state index contributed by atoms with van der Waals surface area (Å²) in [5.41, 5.74) is 3.94. The van der Waals surface area contributed by atoms with E-state index in [9.17, 15) is 9.90 Å². The Morgan fingerprint density at radius 2 is 1.61 bits per heavy atom. The third-order valence-corrected chi connectivity index (χ3v) is 6.12. The predicted molar refractivity (Wildman–Crippen MR) is 130 cm³/mol. The normalized spacial score (nSPS) is 13.8. The van der Waals surface area contributed by atoms with Gasteiger partial charge in [0.05, 0.1) is 29.6 Å². The number of pyridine rings is 1. The SMILES string of the molecule is COc1ccc(-c2cc(C(=O)N3CCN(c4ccccc4O)CC3)c3ccccc3n2)cc1. The van der Waals surface area contributed by atoms with Crippen LogP contribution in [0.2, 0.25) is 0 Å². The third-order valence-electron chi connectivity index (χ3n) is 6.12. The van der Waals surface area contributed by atoms with Crippen molar-refractivity contribution in [3.63, 3.8) is 0 Å². The van der Waals surface area contributed by atoms with E-state index in [1.807, 2.05) is 77.7 Å². The molecular formula is C27H25N3O3. The summed E-state index contributed by atoms with van der Waals surface area (Å²) in [5, 5.41) is 11.0. The highest BCUT2D eigenvalue weighted by molar-refractivity contribution is 6.07. The lowest BCUT2D eigenvalue weighted by molar-refractivity contribution is 0.0748. The zero-order valence-electron chi connectivity index (χ0n) is 18.4. The van der Waals surface area contributed by atoms with Crippen LogP contribution in [0.4, 0.5) is 5.69 Å². The van der Waals surface area contributed by atoms with E-state index in [1.165, 1.54) is 0 Å². The first kappa shape index (κ1) is 20.8. The minimum absolute atomic E-state index is 0.000273. The lowest BCUT2D eigenvalue weighted by atomic mass is 10.0. The zero-order valence-corrected chi connectivity index (χ0v) is 18.4. The number of benzene rings is 3. The number of para-hydroxylation sites is 3. The van der Waals surface area contributed by atoms with Crippen molar-refractivity contribution in [1.29, 1.82) is 0 Å². The van der Waals surface area contributed by atoms with Crippen LogP contribution in [0.15, 0.2) is 78.9 Å². The Morgan fingerprint density at radius 1 is 0.909 bits per heavy atom. The van der Waals surface area contributed by atoms with Crippen LogP contribution in [0.5, 0.6) is 11.5 Å². The maximum Gasteiger partial charge on any atom is 0.254 e. The Morgan fingerprint density at radius 3 is 2.33 bits per heavy atom. The van der Waals surface area contributed by atoms with Crippen molar-refractivity contribution >= 4 is 22.5 Å². The molecule has 0 aliphatic carbocycles. The molecule has 1 saturated heterocycles. The number of methoxy groups -OCH3 is 1. The molecule has 33 heavy (non-hydrogen) atoms. The van der Waals surface area contributed by atoms with E-state index >= 15 is 0 Å². The van der Waals surface area contributed by atoms with Gasteiger partial charge in [-0.3, -0.25) is 4.79 Å². The van der Waals surface area contributed by atoms with Crippen molar-refractivity contribution in [2.45, 2.75) is 0 Å². The molecule has 2 heterocycles. The zero-order chi connectivity index (χ0) is 22.8. The number of carbonyl (C=O) groups excluding carboxylic acids is 1. The molecule has 0 saturated carbocycles. The molecule has 0 atom stereocenters. The summed E-state index contributed by atoms with van der Waals surface area (Å²) in [6.07, 6.45) is 0. The molecule has 1 aromatic heterocycles. The first-order chi connectivity index (χ1) is 16.1. The van der Waals surface area contributed by atoms with Gasteiger partial charge in [-0.05, 0) is 48.5 Å². The molecule has 0 unspecified atom stereocenters. The molecule has 1 amide bonds. The molecule has 0 radical (unpaired) electrons. The highest BCUT2D eigenvalue weighted by Gasteiger charge is 2.25. The summed E-state index contributed by atoms with van der Waals surface area (Å²) in [6.45, 7) is 2.50. The monoisotopic (exact) mass is 439 g/mol. The van der Waals surface area contributed by atoms with Crippen molar-refractivity contribution in [1.82, 2.24) is 9.88 Å². The van der Waals surface area contributed by atoms with E-state index in [0.717, 1.165) is 33.6 Å². The number of rotatable bonds is 4. The molecule has 1 aliphatic heterocycles. The van der Waals surface area contributed by atoms with Crippen molar-refractivity contribution in [3.8, 4) is 22.8 Å². The van der Waals surface area contributed by atoms with E-state index in [4.69, 9.17) is 9.72 Å². The smallest absolute Gasteiger partial charge is 0.254 e. The number of aromatic nitrogens is 1.